The Morgan fingerprint density at radius 3 is 2.67 bits per heavy atom. The van der Waals surface area contributed by atoms with Crippen LogP contribution in [0.3, 0.4) is 0 Å². The quantitative estimate of drug-likeness (QED) is 0.831. The molecule has 2 N–H and O–H groups in total. The second kappa shape index (κ2) is 6.47. The van der Waals surface area contributed by atoms with Gasteiger partial charge in [-0.1, -0.05) is 25.4 Å². The average Bonchev–Trinajstić information content (AvgIpc) is 2.28. The molecule has 7 heteroatoms. The third kappa shape index (κ3) is 3.91. The van der Waals surface area contributed by atoms with E-state index in [-0.39, 0.29) is 28.5 Å². The molecule has 5 nitrogen and oxygen atoms in total. The summed E-state index contributed by atoms with van der Waals surface area (Å²) in [5, 5.41) is 9.06. The summed E-state index contributed by atoms with van der Waals surface area (Å²) in [7, 11) is -3.71. The van der Waals surface area contributed by atoms with Gasteiger partial charge < -0.3 is 5.11 Å². The van der Waals surface area contributed by atoms with E-state index in [4.69, 9.17) is 16.7 Å². The van der Waals surface area contributed by atoms with Crippen molar-refractivity contribution in [1.29, 1.82) is 0 Å². The maximum absolute atomic E-state index is 12.1. The fourth-order valence-electron chi connectivity index (χ4n) is 1.49. The number of aliphatic hydroxyl groups is 1. The minimum atomic E-state index is -3.71. The molecule has 1 rings (SSSR count). The van der Waals surface area contributed by atoms with Crippen molar-refractivity contribution in [3.8, 4) is 0 Å². The molecule has 0 aliphatic carbocycles. The first-order valence-corrected chi connectivity index (χ1v) is 7.47. The summed E-state index contributed by atoms with van der Waals surface area (Å²) in [6, 6.07) is 1.09. The summed E-state index contributed by atoms with van der Waals surface area (Å²) < 4.78 is 26.8. The number of hydrogen-bond donors (Lipinski definition) is 2. The number of hydrogen-bond acceptors (Lipinski definition) is 4. The topological polar surface area (TPSA) is 79.3 Å². The van der Waals surface area contributed by atoms with Crippen LogP contribution in [0, 0.1) is 5.92 Å². The van der Waals surface area contributed by atoms with Gasteiger partial charge >= 0.3 is 0 Å². The van der Waals surface area contributed by atoms with Crippen molar-refractivity contribution < 1.29 is 13.5 Å². The Kier molecular flexibility index (Phi) is 5.52. The lowest BCUT2D eigenvalue weighted by Gasteiger charge is -2.21. The highest BCUT2D eigenvalue weighted by atomic mass is 35.5. The zero-order valence-corrected chi connectivity index (χ0v) is 11.9. The van der Waals surface area contributed by atoms with Gasteiger partial charge in [0.2, 0.25) is 10.0 Å². The Labute approximate surface area is 112 Å². The number of halogens is 1. The number of nitrogens with one attached hydrogen (secondary N) is 1. The van der Waals surface area contributed by atoms with Crippen LogP contribution in [0.4, 0.5) is 0 Å². The SMILES string of the molecule is CC(C)C(CCO)NS(=O)(=O)c1cnccc1Cl. The third-order valence-corrected chi connectivity index (χ3v) is 4.53. The second-order valence-corrected chi connectivity index (χ2v) is 6.38. The first kappa shape index (κ1) is 15.4. The number of nitrogens with zero attached hydrogens (tertiary/aromatic N) is 1. The predicted octanol–water partition coefficient (Wildman–Crippen LogP) is 1.42. The number of aliphatic hydroxyl groups excluding tert-OH is 1. The molecule has 1 heterocycles. The molecule has 0 spiro atoms. The van der Waals surface area contributed by atoms with E-state index >= 15 is 0 Å². The van der Waals surface area contributed by atoms with Crippen molar-refractivity contribution in [3.63, 3.8) is 0 Å². The molecule has 0 saturated heterocycles. The molecule has 0 fully saturated rings. The summed E-state index contributed by atoms with van der Waals surface area (Å²) in [5.74, 6) is 0.0716. The Morgan fingerprint density at radius 2 is 2.17 bits per heavy atom. The van der Waals surface area contributed by atoms with Crippen LogP contribution in [0.5, 0.6) is 0 Å². The molecule has 102 valence electrons. The van der Waals surface area contributed by atoms with E-state index in [9.17, 15) is 8.42 Å². The zero-order valence-electron chi connectivity index (χ0n) is 10.3. The molecule has 1 unspecified atom stereocenters. The van der Waals surface area contributed by atoms with Gasteiger partial charge in [0.25, 0.3) is 0 Å². The molecule has 0 saturated carbocycles. The molecule has 1 aromatic rings. The van der Waals surface area contributed by atoms with Gasteiger partial charge in [0.05, 0.1) is 5.02 Å². The zero-order chi connectivity index (χ0) is 13.8. The molecule has 0 bridgehead atoms. The van der Waals surface area contributed by atoms with Crippen LogP contribution in [0.25, 0.3) is 0 Å². The van der Waals surface area contributed by atoms with Gasteiger partial charge in [-0.15, -0.1) is 0 Å². The standard InChI is InChI=1S/C11H17ClN2O3S/c1-8(2)10(4-6-15)14-18(16,17)11-7-13-5-3-9(11)12/h3,5,7-8,10,14-15H,4,6H2,1-2H3. The summed E-state index contributed by atoms with van der Waals surface area (Å²) in [4.78, 5) is 3.71. The van der Waals surface area contributed by atoms with Gasteiger partial charge in [0, 0.05) is 25.0 Å². The lowest BCUT2D eigenvalue weighted by Crippen LogP contribution is -2.39. The molecule has 0 amide bonds. The van der Waals surface area contributed by atoms with Gasteiger partial charge in [-0.05, 0) is 18.4 Å². The van der Waals surface area contributed by atoms with Crippen molar-refractivity contribution in [2.75, 3.05) is 6.61 Å². The van der Waals surface area contributed by atoms with Crippen molar-refractivity contribution in [2.45, 2.75) is 31.2 Å². The summed E-state index contributed by atoms with van der Waals surface area (Å²) >= 11 is 5.84. The summed E-state index contributed by atoms with van der Waals surface area (Å²) in [5.41, 5.74) is 0. The van der Waals surface area contributed by atoms with E-state index in [1.54, 1.807) is 0 Å². The van der Waals surface area contributed by atoms with Crippen LogP contribution in [0.15, 0.2) is 23.4 Å². The van der Waals surface area contributed by atoms with Crippen LogP contribution in [0.1, 0.15) is 20.3 Å². The van der Waals surface area contributed by atoms with E-state index in [1.807, 2.05) is 13.8 Å². The average molecular weight is 293 g/mol. The lowest BCUT2D eigenvalue weighted by molar-refractivity contribution is 0.256. The Balaban J connectivity index is 2.97. The summed E-state index contributed by atoms with van der Waals surface area (Å²) in [6.07, 6.45) is 2.99. The van der Waals surface area contributed by atoms with Gasteiger partial charge in [-0.25, -0.2) is 13.1 Å². The highest BCUT2D eigenvalue weighted by Gasteiger charge is 2.24. The molecule has 18 heavy (non-hydrogen) atoms. The first-order chi connectivity index (χ1) is 8.38. The van der Waals surface area contributed by atoms with Gasteiger partial charge in [-0.2, -0.15) is 0 Å². The molecular weight excluding hydrogens is 276 g/mol. The molecule has 1 aromatic heterocycles. The van der Waals surface area contributed by atoms with E-state index in [0.29, 0.717) is 6.42 Å². The van der Waals surface area contributed by atoms with Crippen LogP contribution < -0.4 is 4.72 Å². The molecular formula is C11H17ClN2O3S. The molecule has 1 atom stereocenters. The molecule has 0 aliphatic rings. The van der Waals surface area contributed by atoms with Gasteiger partial charge in [0.1, 0.15) is 4.90 Å². The van der Waals surface area contributed by atoms with Crippen molar-refractivity contribution in [1.82, 2.24) is 9.71 Å². The normalized spacial score (nSPS) is 13.8. The van der Waals surface area contributed by atoms with E-state index in [0.717, 1.165) is 0 Å². The summed E-state index contributed by atoms with van der Waals surface area (Å²) in [6.45, 7) is 3.69. The maximum atomic E-state index is 12.1. The Morgan fingerprint density at radius 1 is 1.50 bits per heavy atom. The van der Waals surface area contributed by atoms with E-state index < -0.39 is 10.0 Å². The van der Waals surface area contributed by atoms with E-state index in [1.165, 1.54) is 18.5 Å². The fraction of sp³-hybridized carbons (Fsp3) is 0.545. The van der Waals surface area contributed by atoms with Crippen LogP contribution in [-0.4, -0.2) is 31.2 Å². The monoisotopic (exact) mass is 292 g/mol. The lowest BCUT2D eigenvalue weighted by atomic mass is 10.0. The van der Waals surface area contributed by atoms with Crippen LogP contribution in [-0.2, 0) is 10.0 Å². The number of rotatable bonds is 6. The molecule has 0 aliphatic heterocycles. The van der Waals surface area contributed by atoms with Crippen molar-refractivity contribution >= 4 is 21.6 Å². The minimum Gasteiger partial charge on any atom is -0.396 e. The van der Waals surface area contributed by atoms with Crippen molar-refractivity contribution in [2.24, 2.45) is 5.92 Å². The fourth-order valence-corrected chi connectivity index (χ4v) is 3.34. The van der Waals surface area contributed by atoms with Crippen LogP contribution >= 0.6 is 11.6 Å². The first-order valence-electron chi connectivity index (χ1n) is 5.61. The Hall–Kier alpha value is -0.690. The second-order valence-electron chi connectivity index (χ2n) is 4.29. The largest absolute Gasteiger partial charge is 0.396 e. The van der Waals surface area contributed by atoms with Crippen LogP contribution in [0.2, 0.25) is 5.02 Å². The smallest absolute Gasteiger partial charge is 0.243 e. The highest BCUT2D eigenvalue weighted by Crippen LogP contribution is 2.20. The van der Waals surface area contributed by atoms with Gasteiger partial charge in [-0.3, -0.25) is 4.98 Å². The minimum absolute atomic E-state index is 0.0461. The molecule has 0 radical (unpaired) electrons. The predicted molar refractivity (Wildman–Crippen MR) is 69.9 cm³/mol. The Bertz CT molecular complexity index is 491. The highest BCUT2D eigenvalue weighted by molar-refractivity contribution is 7.89. The maximum Gasteiger partial charge on any atom is 0.243 e. The van der Waals surface area contributed by atoms with Crippen molar-refractivity contribution in [3.05, 3.63) is 23.5 Å². The van der Waals surface area contributed by atoms with E-state index in [2.05, 4.69) is 9.71 Å². The number of sulfonamides is 1. The number of aromatic nitrogens is 1. The number of pyridine rings is 1. The third-order valence-electron chi connectivity index (χ3n) is 2.57. The molecule has 0 aromatic carbocycles. The van der Waals surface area contributed by atoms with Gasteiger partial charge in [0.15, 0.2) is 0 Å².